The van der Waals surface area contributed by atoms with E-state index < -0.39 is 0 Å². The van der Waals surface area contributed by atoms with Gasteiger partial charge in [-0.2, -0.15) is 0 Å². The third-order valence-electron chi connectivity index (χ3n) is 27.0. The van der Waals surface area contributed by atoms with Gasteiger partial charge >= 0.3 is 0 Å². The first-order chi connectivity index (χ1) is 66.0. The van der Waals surface area contributed by atoms with E-state index >= 15 is 0 Å². The van der Waals surface area contributed by atoms with Crippen LogP contribution in [-0.2, 0) is 0 Å². The van der Waals surface area contributed by atoms with E-state index in [1.807, 2.05) is 53.0 Å². The van der Waals surface area contributed by atoms with Gasteiger partial charge in [-0.25, -0.2) is 9.97 Å². The number of fused-ring (bicyclic) bond motifs is 27. The third-order valence-corrected chi connectivity index (χ3v) is 29.4. The van der Waals surface area contributed by atoms with Crippen LogP contribution in [0.15, 0.2) is 464 Å². The molecular weight excluding hydrogens is 1660 g/mol. The molecule has 0 atom stereocenters. The van der Waals surface area contributed by atoms with Crippen LogP contribution in [0, 0.1) is 0 Å². The summed E-state index contributed by atoms with van der Waals surface area (Å²) in [7, 11) is 0. The Balaban J connectivity index is 0.000000102. The molecule has 0 N–H and O–H groups in total. The van der Waals surface area contributed by atoms with E-state index in [9.17, 15) is 0 Å². The van der Waals surface area contributed by atoms with Crippen molar-refractivity contribution in [3.05, 3.63) is 455 Å². The summed E-state index contributed by atoms with van der Waals surface area (Å²) in [5.41, 5.74) is 27.8. The van der Waals surface area contributed by atoms with Gasteiger partial charge in [-0.15, -0.1) is 22.7 Å². The summed E-state index contributed by atoms with van der Waals surface area (Å²) < 4.78 is 25.6. The largest absolute Gasteiger partial charge is 0.455 e. The maximum absolute atomic E-state index is 6.67. The van der Waals surface area contributed by atoms with E-state index in [1.54, 1.807) is 0 Å². The standard InChI is InChI=1S/C46H27NOS.C40H25NS.C38H23N3O/c1-2-11-28(12-3-1)29-21-22-38-41(26-29)47(40-24-23-35-33-15-6-8-19-42(33)48-45(35)44(38)40)31-25-30-13-4-5-14-32(30)39(27-31)37-18-10-17-36-34-16-7-9-20-43(34)49-46(36)37;1-2-10-26(11-3-1)27-18-20-28(21-19-27)35-25-30(24-29-12-4-5-13-31(29)35)41-36-16-8-6-15-34(36)39-37(41)23-22-33-32-14-7-9-17-38(32)42-40(33)39;1-3-11-24(12-4-1)26-19-21-31-30(23-26)36(25-13-5-2-6-14-25)40-38(39-31)41-32-17-9-7-16-29(32)35-33(41)22-20-28-27-15-8-10-18-34(27)42-37(28)35/h1-27H;1-25H;1-23H. The van der Waals surface area contributed by atoms with Gasteiger partial charge in [0.15, 0.2) is 0 Å². The normalized spacial score (nSPS) is 11.9. The van der Waals surface area contributed by atoms with Crippen molar-refractivity contribution < 1.29 is 8.83 Å². The highest BCUT2D eigenvalue weighted by Gasteiger charge is 2.27. The fraction of sp³-hybridized carbons (Fsp3) is 0. The van der Waals surface area contributed by atoms with Crippen LogP contribution in [0.5, 0.6) is 0 Å². The molecule has 0 unspecified atom stereocenters. The number of benzene rings is 21. The SMILES string of the molecule is c1ccc(-c2ccc(-c3cc(-n4c5ccccc5c5c6sc7ccccc7c6ccc54)cc4ccccc34)cc2)cc1.c1ccc(-c2ccc3c4c5oc6ccccc6c5ccc4n(-c4cc(-c5cccc6c5sc5ccccc56)c5ccccc5c4)c3c2)cc1.c1ccc(-c2ccc3nc(-n4c5ccccc5c5c6oc7ccccc7c6ccc54)nc(-c4ccccc4)c3c2)cc1. The number of thiophene rings is 2. The summed E-state index contributed by atoms with van der Waals surface area (Å²) in [5.74, 6) is 0.635. The molecule has 0 fully saturated rings. The number of aromatic nitrogens is 5. The number of para-hydroxylation sites is 4. The van der Waals surface area contributed by atoms with Crippen LogP contribution in [0.2, 0.25) is 0 Å². The second-order valence-corrected chi connectivity index (χ2v) is 36.5. The van der Waals surface area contributed by atoms with Gasteiger partial charge in [0.25, 0.3) is 0 Å². The fourth-order valence-corrected chi connectivity index (χ4v) is 23.4. The summed E-state index contributed by atoms with van der Waals surface area (Å²) in [6, 6.07) is 163. The van der Waals surface area contributed by atoms with Gasteiger partial charge in [-0.3, -0.25) is 4.57 Å². The molecule has 0 amide bonds. The molecule has 8 aromatic heterocycles. The number of rotatable bonds is 9. The van der Waals surface area contributed by atoms with E-state index in [0.29, 0.717) is 5.95 Å². The minimum absolute atomic E-state index is 0.635. The molecule has 0 aliphatic rings. The van der Waals surface area contributed by atoms with Crippen LogP contribution < -0.4 is 0 Å². The molecular formula is C124H75N5O2S2. The Morgan fingerprint density at radius 3 is 1.21 bits per heavy atom. The lowest BCUT2D eigenvalue weighted by atomic mass is 9.95. The van der Waals surface area contributed by atoms with Crippen LogP contribution >= 0.6 is 22.7 Å². The Morgan fingerprint density at radius 1 is 0.203 bits per heavy atom. The van der Waals surface area contributed by atoms with Crippen LogP contribution in [0.25, 0.3) is 266 Å². The predicted molar refractivity (Wildman–Crippen MR) is 563 cm³/mol. The van der Waals surface area contributed by atoms with Crippen LogP contribution in [0.1, 0.15) is 0 Å². The predicted octanol–water partition coefficient (Wildman–Crippen LogP) is 35.1. The number of nitrogens with zero attached hydrogens (tertiary/aromatic N) is 5. The quantitative estimate of drug-likeness (QED) is 0.144. The highest BCUT2D eigenvalue weighted by molar-refractivity contribution is 7.27. The Morgan fingerprint density at radius 2 is 0.602 bits per heavy atom. The second kappa shape index (κ2) is 30.8. The summed E-state index contributed by atoms with van der Waals surface area (Å²) in [4.78, 5) is 10.5. The average molecular weight is 1730 g/mol. The molecule has 21 aromatic carbocycles. The summed E-state index contributed by atoms with van der Waals surface area (Å²) >= 11 is 3.79. The van der Waals surface area contributed by atoms with Gasteiger partial charge in [-0.1, -0.05) is 346 Å². The van der Waals surface area contributed by atoms with Crippen molar-refractivity contribution in [1.82, 2.24) is 23.7 Å². The summed E-state index contributed by atoms with van der Waals surface area (Å²) in [5, 5.41) is 23.0. The zero-order valence-electron chi connectivity index (χ0n) is 71.7. The van der Waals surface area contributed by atoms with Gasteiger partial charge in [-0.05, 0) is 181 Å². The highest BCUT2D eigenvalue weighted by Crippen LogP contribution is 2.50. The lowest BCUT2D eigenvalue weighted by molar-refractivity contribution is 0.672. The van der Waals surface area contributed by atoms with Crippen molar-refractivity contribution in [3.8, 4) is 84.2 Å². The molecule has 133 heavy (non-hydrogen) atoms. The maximum Gasteiger partial charge on any atom is 0.235 e. The third kappa shape index (κ3) is 12.4. The van der Waals surface area contributed by atoms with Crippen molar-refractivity contribution in [3.63, 3.8) is 0 Å². The van der Waals surface area contributed by atoms with Crippen LogP contribution in [0.4, 0.5) is 0 Å². The van der Waals surface area contributed by atoms with Crippen molar-refractivity contribution in [2.45, 2.75) is 0 Å². The van der Waals surface area contributed by atoms with E-state index in [1.165, 1.54) is 145 Å². The molecule has 29 rings (SSSR count). The Labute approximate surface area is 770 Å². The topological polar surface area (TPSA) is 66.8 Å². The monoisotopic (exact) mass is 1730 g/mol. The first kappa shape index (κ1) is 76.0. The molecule has 0 spiro atoms. The van der Waals surface area contributed by atoms with Gasteiger partial charge in [0.1, 0.15) is 22.3 Å². The molecule has 29 aromatic rings. The Hall–Kier alpha value is -17.1. The minimum Gasteiger partial charge on any atom is -0.455 e. The molecule has 0 bridgehead atoms. The molecule has 0 aliphatic heterocycles. The fourth-order valence-electron chi connectivity index (χ4n) is 20.9. The number of furan rings is 2. The molecule has 0 saturated carbocycles. The zero-order chi connectivity index (χ0) is 87.3. The van der Waals surface area contributed by atoms with Crippen LogP contribution in [0.3, 0.4) is 0 Å². The highest BCUT2D eigenvalue weighted by atomic mass is 32.1. The molecule has 620 valence electrons. The number of hydrogen-bond acceptors (Lipinski definition) is 6. The van der Waals surface area contributed by atoms with E-state index in [0.717, 1.165) is 116 Å². The van der Waals surface area contributed by atoms with Crippen molar-refractivity contribution in [1.29, 1.82) is 0 Å². The molecule has 0 saturated heterocycles. The second-order valence-electron chi connectivity index (χ2n) is 34.4. The average Bonchev–Trinajstić information content (AvgIpc) is 1.57. The maximum atomic E-state index is 6.67. The van der Waals surface area contributed by atoms with Gasteiger partial charge in [0.05, 0.1) is 55.1 Å². The lowest BCUT2D eigenvalue weighted by Crippen LogP contribution is -2.03. The zero-order valence-corrected chi connectivity index (χ0v) is 73.3. The lowest BCUT2D eigenvalue weighted by Gasteiger charge is -2.15. The van der Waals surface area contributed by atoms with E-state index in [2.05, 4.69) is 438 Å². The van der Waals surface area contributed by atoms with Crippen LogP contribution in [-0.4, -0.2) is 23.7 Å². The van der Waals surface area contributed by atoms with Crippen molar-refractivity contribution >= 4 is 205 Å². The van der Waals surface area contributed by atoms with Crippen molar-refractivity contribution in [2.24, 2.45) is 0 Å². The van der Waals surface area contributed by atoms with Gasteiger partial charge in [0, 0.05) is 111 Å². The van der Waals surface area contributed by atoms with Crippen molar-refractivity contribution in [2.75, 3.05) is 0 Å². The number of hydrogen-bond donors (Lipinski definition) is 0. The van der Waals surface area contributed by atoms with Gasteiger partial charge < -0.3 is 18.0 Å². The summed E-state index contributed by atoms with van der Waals surface area (Å²) in [6.45, 7) is 0. The smallest absolute Gasteiger partial charge is 0.235 e. The summed E-state index contributed by atoms with van der Waals surface area (Å²) in [6.07, 6.45) is 0. The molecule has 0 aliphatic carbocycles. The van der Waals surface area contributed by atoms with E-state index in [4.69, 9.17) is 18.8 Å². The molecule has 8 heterocycles. The Bertz CT molecular complexity index is 9780. The first-order valence-electron chi connectivity index (χ1n) is 45.1. The minimum atomic E-state index is 0.635. The molecule has 7 nitrogen and oxygen atoms in total. The van der Waals surface area contributed by atoms with Gasteiger partial charge in [0.2, 0.25) is 5.95 Å². The first-order valence-corrected chi connectivity index (χ1v) is 46.8. The Kier molecular flexibility index (Phi) is 17.6. The van der Waals surface area contributed by atoms with E-state index in [-0.39, 0.29) is 0 Å². The molecule has 0 radical (unpaired) electrons. The molecule has 9 heteroatoms.